The molecule has 2 aromatic carbocycles. The van der Waals surface area contributed by atoms with Gasteiger partial charge in [-0.25, -0.2) is 13.2 Å². The van der Waals surface area contributed by atoms with Crippen molar-refractivity contribution in [1.29, 1.82) is 0 Å². The number of carbonyl (C=O) groups is 2. The van der Waals surface area contributed by atoms with Crippen molar-refractivity contribution < 1.29 is 22.7 Å². The van der Waals surface area contributed by atoms with Crippen molar-refractivity contribution in [2.45, 2.75) is 69.8 Å². The molecule has 2 amide bonds. The molecule has 1 saturated carbocycles. The molecule has 0 radical (unpaired) electrons. The molecule has 1 aliphatic heterocycles. The number of benzene rings is 2. The number of nitrogens with one attached hydrogen (secondary N) is 1. The number of nitrogens with zero attached hydrogens (tertiary/aromatic N) is 3. The van der Waals surface area contributed by atoms with E-state index in [1.165, 1.54) is 45.6 Å². The summed E-state index contributed by atoms with van der Waals surface area (Å²) in [5, 5.41) is 2.95. The number of rotatable bonds is 12. The summed E-state index contributed by atoms with van der Waals surface area (Å²) in [6, 6.07) is 13.0. The van der Waals surface area contributed by atoms with Gasteiger partial charge in [0.2, 0.25) is 10.0 Å². The molecule has 0 aromatic heterocycles. The summed E-state index contributed by atoms with van der Waals surface area (Å²) >= 11 is 1.83. The minimum Gasteiger partial charge on any atom is -0.444 e. The van der Waals surface area contributed by atoms with Crippen molar-refractivity contribution in [2.24, 2.45) is 5.92 Å². The zero-order chi connectivity index (χ0) is 31.2. The van der Waals surface area contributed by atoms with Crippen molar-refractivity contribution in [3.8, 4) is 0 Å². The fraction of sp³-hybridized carbons (Fsp3) is 0.562. The fourth-order valence-corrected chi connectivity index (χ4v) is 6.40. The molecule has 236 valence electrons. The monoisotopic (exact) mass is 630 g/mol. The highest BCUT2D eigenvalue weighted by Gasteiger charge is 2.27. The summed E-state index contributed by atoms with van der Waals surface area (Å²) in [5.41, 5.74) is 1.41. The van der Waals surface area contributed by atoms with Crippen LogP contribution in [0.15, 0.2) is 47.4 Å². The van der Waals surface area contributed by atoms with Gasteiger partial charge in [0.15, 0.2) is 0 Å². The molecule has 1 N–H and O–H groups in total. The van der Waals surface area contributed by atoms with Gasteiger partial charge < -0.3 is 19.9 Å². The highest BCUT2D eigenvalue weighted by atomic mass is 32.2. The maximum Gasteiger partial charge on any atom is 0.410 e. The van der Waals surface area contributed by atoms with E-state index in [9.17, 15) is 18.0 Å². The molecule has 0 atom stereocenters. The highest BCUT2D eigenvalue weighted by Crippen LogP contribution is 2.34. The van der Waals surface area contributed by atoms with Crippen molar-refractivity contribution >= 4 is 50.8 Å². The van der Waals surface area contributed by atoms with E-state index in [4.69, 9.17) is 4.74 Å². The minimum absolute atomic E-state index is 0.254. The quantitative estimate of drug-likeness (QED) is 0.212. The molecule has 1 heterocycles. The minimum atomic E-state index is -3.60. The van der Waals surface area contributed by atoms with Crippen LogP contribution in [0.25, 0.3) is 0 Å². The topological polar surface area (TPSA) is 99.3 Å². The molecule has 2 fully saturated rings. The van der Waals surface area contributed by atoms with Crippen molar-refractivity contribution in [3.05, 3.63) is 48.0 Å². The van der Waals surface area contributed by atoms with Crippen LogP contribution in [-0.4, -0.2) is 76.2 Å². The Morgan fingerprint density at radius 3 is 2.28 bits per heavy atom. The van der Waals surface area contributed by atoms with Gasteiger partial charge in [0, 0.05) is 49.5 Å². The number of carbonyl (C=O) groups excluding carboxylic acids is 2. The number of unbranched alkanes of at least 4 members (excludes halogenated alkanes) is 2. The predicted molar refractivity (Wildman–Crippen MR) is 176 cm³/mol. The lowest BCUT2D eigenvalue weighted by atomic mass is 10.1. The lowest BCUT2D eigenvalue weighted by Crippen LogP contribution is -2.50. The molecule has 2 aromatic rings. The maximum atomic E-state index is 13.6. The fourth-order valence-electron chi connectivity index (χ4n) is 4.97. The third-order valence-electron chi connectivity index (χ3n) is 7.69. The van der Waals surface area contributed by atoms with E-state index < -0.39 is 21.5 Å². The first-order valence-corrected chi connectivity index (χ1v) is 18.0. The molecule has 0 unspecified atom stereocenters. The number of piperazine rings is 1. The zero-order valence-corrected chi connectivity index (χ0v) is 27.7. The van der Waals surface area contributed by atoms with E-state index in [0.29, 0.717) is 37.6 Å². The Hall–Kier alpha value is -2.92. The number of ether oxygens (including phenoxy) is 1. The number of thioether (sulfide) groups is 1. The first-order chi connectivity index (χ1) is 20.3. The lowest BCUT2D eigenvalue weighted by molar-refractivity contribution is 0.0240. The van der Waals surface area contributed by atoms with Crippen LogP contribution in [0.5, 0.6) is 0 Å². The van der Waals surface area contributed by atoms with Gasteiger partial charge in [-0.1, -0.05) is 32.1 Å². The van der Waals surface area contributed by atoms with Crippen molar-refractivity contribution in [2.75, 3.05) is 59.8 Å². The lowest BCUT2D eigenvalue weighted by Gasteiger charge is -2.37. The average Bonchev–Trinajstić information content (AvgIpc) is 3.78. The van der Waals surface area contributed by atoms with Crippen LogP contribution < -0.4 is 14.5 Å². The largest absolute Gasteiger partial charge is 0.444 e. The summed E-state index contributed by atoms with van der Waals surface area (Å²) in [5.74, 6) is 1.69. The van der Waals surface area contributed by atoms with Gasteiger partial charge in [-0.3, -0.25) is 9.10 Å². The van der Waals surface area contributed by atoms with E-state index in [-0.39, 0.29) is 11.7 Å². The van der Waals surface area contributed by atoms with E-state index in [0.717, 1.165) is 32.8 Å². The molecule has 0 bridgehead atoms. The number of anilines is 3. The van der Waals surface area contributed by atoms with E-state index in [1.807, 2.05) is 62.9 Å². The molecule has 9 nitrogen and oxygen atoms in total. The molecular formula is C32H46N4O5S2. The van der Waals surface area contributed by atoms with Gasteiger partial charge in [-0.05, 0) is 81.3 Å². The van der Waals surface area contributed by atoms with E-state index in [2.05, 4.69) is 10.2 Å². The summed E-state index contributed by atoms with van der Waals surface area (Å²) in [6.45, 7) is 7.60. The van der Waals surface area contributed by atoms with E-state index in [1.54, 1.807) is 17.0 Å². The second kappa shape index (κ2) is 14.2. The molecule has 43 heavy (non-hydrogen) atoms. The summed E-state index contributed by atoms with van der Waals surface area (Å²) in [7, 11) is -2.15. The van der Waals surface area contributed by atoms with Gasteiger partial charge in [0.1, 0.15) is 5.60 Å². The summed E-state index contributed by atoms with van der Waals surface area (Å²) in [6.07, 6.45) is 8.82. The van der Waals surface area contributed by atoms with Gasteiger partial charge >= 0.3 is 6.09 Å². The second-order valence-corrected chi connectivity index (χ2v) is 15.7. The predicted octanol–water partition coefficient (Wildman–Crippen LogP) is 6.45. The third-order valence-corrected chi connectivity index (χ3v) is 9.98. The third kappa shape index (κ3) is 10.1. The molecule has 4 rings (SSSR count). The normalized spacial score (nSPS) is 15.7. The first-order valence-electron chi connectivity index (χ1n) is 15.2. The number of hydrogen-bond donors (Lipinski definition) is 1. The van der Waals surface area contributed by atoms with Crippen molar-refractivity contribution in [1.82, 2.24) is 4.90 Å². The Kier molecular flexibility index (Phi) is 10.9. The number of hydrogen-bond acceptors (Lipinski definition) is 7. The van der Waals surface area contributed by atoms with Gasteiger partial charge in [-0.15, -0.1) is 11.8 Å². The second-order valence-electron chi connectivity index (χ2n) is 12.5. The van der Waals surface area contributed by atoms with Gasteiger partial charge in [0.05, 0.1) is 17.5 Å². The highest BCUT2D eigenvalue weighted by molar-refractivity contribution is 7.99. The van der Waals surface area contributed by atoms with Crippen LogP contribution in [-0.2, 0) is 14.8 Å². The Morgan fingerprint density at radius 1 is 1.00 bits per heavy atom. The van der Waals surface area contributed by atoms with Crippen LogP contribution in [0.3, 0.4) is 0 Å². The molecule has 11 heteroatoms. The summed E-state index contributed by atoms with van der Waals surface area (Å²) < 4.78 is 31.4. The molecule has 2 aliphatic rings. The van der Waals surface area contributed by atoms with Crippen LogP contribution in [0, 0.1) is 5.92 Å². The molecule has 1 aliphatic carbocycles. The number of sulfonamides is 1. The van der Waals surface area contributed by atoms with Crippen LogP contribution >= 0.6 is 11.8 Å². The molecule has 1 saturated heterocycles. The van der Waals surface area contributed by atoms with Crippen LogP contribution in [0.4, 0.5) is 21.9 Å². The van der Waals surface area contributed by atoms with Crippen LogP contribution in [0.2, 0.25) is 0 Å². The summed E-state index contributed by atoms with van der Waals surface area (Å²) in [4.78, 5) is 31.0. The number of amides is 2. The smallest absolute Gasteiger partial charge is 0.410 e. The van der Waals surface area contributed by atoms with Gasteiger partial charge in [0.25, 0.3) is 5.91 Å². The Morgan fingerprint density at radius 2 is 1.67 bits per heavy atom. The molecule has 0 spiro atoms. The van der Waals surface area contributed by atoms with Crippen LogP contribution in [0.1, 0.15) is 69.7 Å². The maximum absolute atomic E-state index is 13.6. The Labute approximate surface area is 261 Å². The standard InChI is InChI=1S/C32H46N4O5S2/c1-32(2,3)41-31(38)36-20-18-35(19-21-36)26-14-17-29(34(4)43(5,39)40)28(23-26)30(37)33-25-12-15-27(16-13-25)42-22-8-6-7-9-24-10-11-24/h12-17,23-24H,6-11,18-22H2,1-5H3,(H,33,37). The van der Waals surface area contributed by atoms with Gasteiger partial charge in [-0.2, -0.15) is 0 Å². The Balaban J connectivity index is 1.40. The first kappa shape index (κ1) is 33.0. The van der Waals surface area contributed by atoms with Crippen molar-refractivity contribution in [3.63, 3.8) is 0 Å². The van der Waals surface area contributed by atoms with E-state index >= 15 is 0 Å². The Bertz CT molecular complexity index is 1360. The average molecular weight is 631 g/mol. The SMILES string of the molecule is CN(c1ccc(N2CCN(C(=O)OC(C)(C)C)CC2)cc1C(=O)Nc1ccc(SCCCCCC2CC2)cc1)S(C)(=O)=O. The molecular weight excluding hydrogens is 585 g/mol. The zero-order valence-electron chi connectivity index (χ0n) is 26.1.